The molecule has 0 radical (unpaired) electrons. The largest absolute Gasteiger partial charge is 0.450 e. The monoisotopic (exact) mass is 557 g/mol. The molecule has 0 bridgehead atoms. The Morgan fingerprint density at radius 2 is 1.66 bits per heavy atom. The molecule has 0 unspecified atom stereocenters. The van der Waals surface area contributed by atoms with E-state index in [0.717, 1.165) is 31.9 Å². The van der Waals surface area contributed by atoms with Crippen molar-refractivity contribution in [3.63, 3.8) is 0 Å². The van der Waals surface area contributed by atoms with Gasteiger partial charge in [-0.1, -0.05) is 37.1 Å². The predicted molar refractivity (Wildman–Crippen MR) is 141 cm³/mol. The van der Waals surface area contributed by atoms with Gasteiger partial charge < -0.3 is 20.3 Å². The molecule has 1 amide bonds. The zero-order valence-corrected chi connectivity index (χ0v) is 22.0. The average molecular weight is 558 g/mol. The Balaban J connectivity index is 0.00000363. The highest BCUT2D eigenvalue weighted by atomic mass is 127. The summed E-state index contributed by atoms with van der Waals surface area (Å²) in [5, 5.41) is 6.91. The van der Waals surface area contributed by atoms with Gasteiger partial charge in [0.25, 0.3) is 0 Å². The molecule has 0 aliphatic carbocycles. The molecule has 2 heterocycles. The lowest BCUT2D eigenvalue weighted by Gasteiger charge is -2.32. The molecule has 1 aromatic carbocycles. The van der Waals surface area contributed by atoms with Crippen LogP contribution in [0.2, 0.25) is 0 Å². The number of likely N-dealkylation sites (tertiary alicyclic amines) is 2. The van der Waals surface area contributed by atoms with Gasteiger partial charge in [-0.2, -0.15) is 0 Å². The van der Waals surface area contributed by atoms with Gasteiger partial charge in [0.15, 0.2) is 5.96 Å². The number of amides is 1. The number of nitrogens with one attached hydrogen (secondary N) is 2. The van der Waals surface area contributed by atoms with Crippen molar-refractivity contribution in [1.29, 1.82) is 0 Å². The van der Waals surface area contributed by atoms with Crippen LogP contribution in [0.4, 0.5) is 4.79 Å². The van der Waals surface area contributed by atoms with Crippen molar-refractivity contribution in [1.82, 2.24) is 20.4 Å². The number of ether oxygens (including phenoxy) is 1. The van der Waals surface area contributed by atoms with Crippen molar-refractivity contribution in [3.05, 3.63) is 35.4 Å². The van der Waals surface area contributed by atoms with Crippen LogP contribution in [0.3, 0.4) is 0 Å². The zero-order valence-electron chi connectivity index (χ0n) is 19.6. The molecule has 180 valence electrons. The number of piperidine rings is 1. The second-order valence-electron chi connectivity index (χ2n) is 8.54. The van der Waals surface area contributed by atoms with Gasteiger partial charge in [0, 0.05) is 39.3 Å². The first-order valence-corrected chi connectivity index (χ1v) is 11.9. The van der Waals surface area contributed by atoms with Crippen LogP contribution in [0.15, 0.2) is 29.3 Å². The van der Waals surface area contributed by atoms with Gasteiger partial charge in [-0.25, -0.2) is 4.79 Å². The molecule has 3 rings (SSSR count). The van der Waals surface area contributed by atoms with Gasteiger partial charge >= 0.3 is 6.09 Å². The van der Waals surface area contributed by atoms with E-state index in [1.165, 1.54) is 49.9 Å². The Kier molecular flexibility index (Phi) is 12.2. The Morgan fingerprint density at radius 1 is 1.03 bits per heavy atom. The Bertz CT molecular complexity index is 697. The van der Waals surface area contributed by atoms with Crippen molar-refractivity contribution in [2.24, 2.45) is 4.99 Å². The maximum atomic E-state index is 11.8. The highest BCUT2D eigenvalue weighted by molar-refractivity contribution is 14.0. The number of benzene rings is 1. The van der Waals surface area contributed by atoms with Crippen LogP contribution in [0.5, 0.6) is 0 Å². The molecule has 0 spiro atoms. The van der Waals surface area contributed by atoms with Crippen molar-refractivity contribution < 1.29 is 9.53 Å². The first-order valence-electron chi connectivity index (χ1n) is 11.9. The summed E-state index contributed by atoms with van der Waals surface area (Å²) in [6.07, 6.45) is 6.99. The molecule has 0 saturated carbocycles. The van der Waals surface area contributed by atoms with Crippen molar-refractivity contribution in [3.8, 4) is 0 Å². The number of guanidine groups is 1. The first-order chi connectivity index (χ1) is 15.2. The SMILES string of the molecule is CCOC(=O)N1CCC(NC(=NC)NCc2ccc(CN3CCCCCC3)cc2)CC1.I. The topological polar surface area (TPSA) is 69.2 Å². The maximum Gasteiger partial charge on any atom is 0.409 e. The average Bonchev–Trinajstić information content (AvgIpc) is 3.07. The molecule has 0 atom stereocenters. The van der Waals surface area contributed by atoms with Gasteiger partial charge in [-0.05, 0) is 56.8 Å². The van der Waals surface area contributed by atoms with Gasteiger partial charge in [0.2, 0.25) is 0 Å². The zero-order chi connectivity index (χ0) is 21.9. The summed E-state index contributed by atoms with van der Waals surface area (Å²) in [4.78, 5) is 20.6. The lowest BCUT2D eigenvalue weighted by Crippen LogP contribution is -2.49. The van der Waals surface area contributed by atoms with Gasteiger partial charge in [-0.15, -0.1) is 24.0 Å². The molecule has 2 N–H and O–H groups in total. The lowest BCUT2D eigenvalue weighted by molar-refractivity contribution is 0.0963. The summed E-state index contributed by atoms with van der Waals surface area (Å²) in [7, 11) is 1.80. The fourth-order valence-corrected chi connectivity index (χ4v) is 4.31. The molecule has 7 nitrogen and oxygen atoms in total. The Labute approximate surface area is 210 Å². The van der Waals surface area contributed by atoms with Crippen LogP contribution in [0.25, 0.3) is 0 Å². The van der Waals surface area contributed by atoms with Crippen LogP contribution in [-0.4, -0.2) is 67.7 Å². The quantitative estimate of drug-likeness (QED) is 0.315. The molecule has 32 heavy (non-hydrogen) atoms. The minimum atomic E-state index is -0.206. The third-order valence-corrected chi connectivity index (χ3v) is 6.17. The highest BCUT2D eigenvalue weighted by Crippen LogP contribution is 2.14. The summed E-state index contributed by atoms with van der Waals surface area (Å²) in [6, 6.07) is 9.25. The Hall–Kier alpha value is -1.55. The van der Waals surface area contributed by atoms with Gasteiger partial charge in [0.1, 0.15) is 0 Å². The fraction of sp³-hybridized carbons (Fsp3) is 0.667. The summed E-state index contributed by atoms with van der Waals surface area (Å²) in [5.74, 6) is 0.809. The van der Waals surface area contributed by atoms with E-state index in [-0.39, 0.29) is 30.1 Å². The highest BCUT2D eigenvalue weighted by Gasteiger charge is 2.24. The number of rotatable bonds is 6. The van der Waals surface area contributed by atoms with Gasteiger partial charge in [-0.3, -0.25) is 9.89 Å². The minimum absolute atomic E-state index is 0. The molecule has 1 aromatic rings. The van der Waals surface area contributed by atoms with Crippen molar-refractivity contribution in [2.75, 3.05) is 39.8 Å². The van der Waals surface area contributed by atoms with E-state index < -0.39 is 0 Å². The van der Waals surface area contributed by atoms with E-state index >= 15 is 0 Å². The number of halogens is 1. The van der Waals surface area contributed by atoms with E-state index in [0.29, 0.717) is 25.7 Å². The van der Waals surface area contributed by atoms with Crippen LogP contribution >= 0.6 is 24.0 Å². The molecule has 2 fully saturated rings. The summed E-state index contributed by atoms with van der Waals surface area (Å²) < 4.78 is 5.09. The smallest absolute Gasteiger partial charge is 0.409 e. The molecule has 8 heteroatoms. The van der Waals surface area contributed by atoms with Crippen LogP contribution in [0.1, 0.15) is 56.6 Å². The van der Waals surface area contributed by atoms with Crippen molar-refractivity contribution >= 4 is 36.0 Å². The third-order valence-electron chi connectivity index (χ3n) is 6.17. The van der Waals surface area contributed by atoms with Crippen LogP contribution < -0.4 is 10.6 Å². The van der Waals surface area contributed by atoms with Crippen LogP contribution in [-0.2, 0) is 17.8 Å². The second-order valence-corrected chi connectivity index (χ2v) is 8.54. The number of aliphatic imine (C=N–C) groups is 1. The third kappa shape index (κ3) is 8.77. The van der Waals surface area contributed by atoms with Crippen LogP contribution in [0, 0.1) is 0 Å². The Morgan fingerprint density at radius 3 is 2.25 bits per heavy atom. The lowest BCUT2D eigenvalue weighted by atomic mass is 10.1. The molecule has 2 saturated heterocycles. The molecule has 2 aliphatic heterocycles. The molecular weight excluding hydrogens is 517 g/mol. The number of carbonyl (C=O) groups is 1. The number of hydrogen-bond acceptors (Lipinski definition) is 4. The standard InChI is InChI=1S/C24H39N5O2.HI/c1-3-31-24(30)29-16-12-22(13-17-29)27-23(25-2)26-18-20-8-10-21(11-9-20)19-28-14-6-4-5-7-15-28;/h8-11,22H,3-7,12-19H2,1-2H3,(H2,25,26,27);1H. The second kappa shape index (κ2) is 14.6. The molecular formula is C24H40IN5O2. The van der Waals surface area contributed by atoms with Gasteiger partial charge in [0.05, 0.1) is 6.61 Å². The van der Waals surface area contributed by atoms with E-state index in [1.807, 2.05) is 6.92 Å². The number of carbonyl (C=O) groups excluding carboxylic acids is 1. The number of hydrogen-bond donors (Lipinski definition) is 2. The molecule has 2 aliphatic rings. The number of nitrogens with zero attached hydrogens (tertiary/aromatic N) is 3. The first kappa shape index (κ1) is 26.7. The minimum Gasteiger partial charge on any atom is -0.450 e. The summed E-state index contributed by atoms with van der Waals surface area (Å²) in [5.41, 5.74) is 2.64. The normalized spacial score (nSPS) is 18.4. The van der Waals surface area contributed by atoms with E-state index in [4.69, 9.17) is 4.74 Å². The summed E-state index contributed by atoms with van der Waals surface area (Å²) >= 11 is 0. The van der Waals surface area contributed by atoms with E-state index in [9.17, 15) is 4.79 Å². The van der Waals surface area contributed by atoms with E-state index in [1.54, 1.807) is 11.9 Å². The summed E-state index contributed by atoms with van der Waals surface area (Å²) in [6.45, 7) is 7.94. The maximum absolute atomic E-state index is 11.8. The fourth-order valence-electron chi connectivity index (χ4n) is 4.31. The van der Waals surface area contributed by atoms with Crippen molar-refractivity contribution in [2.45, 2.75) is 64.6 Å². The molecule has 0 aromatic heterocycles. The predicted octanol–water partition coefficient (Wildman–Crippen LogP) is 3.97. The van der Waals surface area contributed by atoms with E-state index in [2.05, 4.69) is 44.8 Å².